The Morgan fingerprint density at radius 1 is 1.15 bits per heavy atom. The monoisotopic (exact) mass is 391 g/mol. The molecule has 1 unspecified atom stereocenters. The van der Waals surface area contributed by atoms with E-state index in [1.54, 1.807) is 48.3 Å². The molecule has 0 saturated heterocycles. The maximum Gasteiger partial charge on any atom is 0.341 e. The van der Waals surface area contributed by atoms with Crippen LogP contribution in [-0.2, 0) is 16.1 Å². The van der Waals surface area contributed by atoms with Crippen LogP contribution in [-0.4, -0.2) is 41.3 Å². The smallest absolute Gasteiger partial charge is 0.341 e. The zero-order valence-electron chi connectivity index (χ0n) is 15.2. The van der Waals surface area contributed by atoms with Gasteiger partial charge in [0, 0.05) is 30.2 Å². The summed E-state index contributed by atoms with van der Waals surface area (Å²) in [6.45, 7) is 1.93. The summed E-state index contributed by atoms with van der Waals surface area (Å²) in [5.74, 6) is -0.380. The number of benzene rings is 2. The van der Waals surface area contributed by atoms with E-state index in [1.165, 1.54) is 23.9 Å². The number of carbonyl (C=O) groups excluding carboxylic acids is 1. The van der Waals surface area contributed by atoms with E-state index < -0.39 is 5.97 Å². The first kappa shape index (κ1) is 20.8. The lowest BCUT2D eigenvalue weighted by Crippen LogP contribution is -2.32. The van der Waals surface area contributed by atoms with E-state index in [2.05, 4.69) is 0 Å². The van der Waals surface area contributed by atoms with Crippen molar-refractivity contribution in [3.05, 3.63) is 59.9 Å². The maximum atomic E-state index is 12.9. The first-order chi connectivity index (χ1) is 12.8. The molecule has 0 heterocycles. The fourth-order valence-corrected chi connectivity index (χ4v) is 3.30. The van der Waals surface area contributed by atoms with Crippen LogP contribution in [0.4, 0.5) is 4.39 Å². The number of rotatable bonds is 9. The van der Waals surface area contributed by atoms with Gasteiger partial charge in [-0.3, -0.25) is 4.79 Å². The topological polar surface area (TPSA) is 66.8 Å². The number of ether oxygens (including phenoxy) is 1. The van der Waals surface area contributed by atoms with Gasteiger partial charge in [-0.2, -0.15) is 0 Å². The summed E-state index contributed by atoms with van der Waals surface area (Å²) in [4.78, 5) is 25.6. The van der Waals surface area contributed by atoms with Crippen molar-refractivity contribution in [1.29, 1.82) is 0 Å². The van der Waals surface area contributed by atoms with Crippen molar-refractivity contribution in [3.8, 4) is 5.75 Å². The molecule has 0 radical (unpaired) electrons. The molecule has 2 rings (SSSR count). The van der Waals surface area contributed by atoms with Gasteiger partial charge < -0.3 is 14.7 Å². The number of amides is 1. The van der Waals surface area contributed by atoms with Gasteiger partial charge in [-0.1, -0.05) is 19.1 Å². The van der Waals surface area contributed by atoms with E-state index in [9.17, 15) is 14.0 Å². The Morgan fingerprint density at radius 2 is 1.78 bits per heavy atom. The van der Waals surface area contributed by atoms with E-state index in [0.717, 1.165) is 10.5 Å². The molecule has 7 heteroatoms. The quantitative estimate of drug-likeness (QED) is 0.661. The molecular formula is C20H22FNO4S. The van der Waals surface area contributed by atoms with Crippen molar-refractivity contribution in [1.82, 2.24) is 4.90 Å². The van der Waals surface area contributed by atoms with Gasteiger partial charge in [-0.25, -0.2) is 9.18 Å². The van der Waals surface area contributed by atoms with Crippen LogP contribution in [0.5, 0.6) is 5.75 Å². The van der Waals surface area contributed by atoms with Gasteiger partial charge in [0.25, 0.3) is 0 Å². The van der Waals surface area contributed by atoms with Crippen molar-refractivity contribution in [2.24, 2.45) is 5.92 Å². The van der Waals surface area contributed by atoms with E-state index in [0.29, 0.717) is 18.0 Å². The van der Waals surface area contributed by atoms with E-state index in [-0.39, 0.29) is 24.2 Å². The second kappa shape index (κ2) is 9.97. The third kappa shape index (κ3) is 6.94. The van der Waals surface area contributed by atoms with Gasteiger partial charge in [0.2, 0.25) is 5.91 Å². The molecule has 1 N–H and O–H groups in total. The summed E-state index contributed by atoms with van der Waals surface area (Å²) in [6.07, 6.45) is 0. The van der Waals surface area contributed by atoms with Crippen LogP contribution in [0.3, 0.4) is 0 Å². The third-order valence-corrected chi connectivity index (χ3v) is 5.09. The zero-order valence-corrected chi connectivity index (χ0v) is 16.0. The molecule has 5 nitrogen and oxygen atoms in total. The lowest BCUT2D eigenvalue weighted by atomic mass is 10.1. The highest BCUT2D eigenvalue weighted by Gasteiger charge is 2.18. The van der Waals surface area contributed by atoms with Crippen molar-refractivity contribution in [3.63, 3.8) is 0 Å². The van der Waals surface area contributed by atoms with Crippen molar-refractivity contribution in [2.45, 2.75) is 18.4 Å². The highest BCUT2D eigenvalue weighted by Crippen LogP contribution is 2.22. The summed E-state index contributed by atoms with van der Waals surface area (Å²) in [6, 6.07) is 13.2. The van der Waals surface area contributed by atoms with Crippen molar-refractivity contribution in [2.75, 3.05) is 19.4 Å². The number of aliphatic carboxylic acids is 1. The molecule has 0 aromatic heterocycles. The lowest BCUT2D eigenvalue weighted by molar-refractivity contribution is -0.139. The van der Waals surface area contributed by atoms with Gasteiger partial charge >= 0.3 is 5.97 Å². The molecular weight excluding hydrogens is 369 g/mol. The van der Waals surface area contributed by atoms with Gasteiger partial charge in [-0.05, 0) is 42.0 Å². The molecule has 144 valence electrons. The Bertz CT molecular complexity index is 765. The Morgan fingerprint density at radius 3 is 2.37 bits per heavy atom. The average Bonchev–Trinajstić information content (AvgIpc) is 2.66. The van der Waals surface area contributed by atoms with Gasteiger partial charge in [0.1, 0.15) is 11.6 Å². The molecule has 0 aliphatic heterocycles. The van der Waals surface area contributed by atoms with Crippen molar-refractivity contribution >= 4 is 23.6 Å². The first-order valence-electron chi connectivity index (χ1n) is 8.42. The Labute approximate surface area is 162 Å². The van der Waals surface area contributed by atoms with Crippen LogP contribution in [0.25, 0.3) is 0 Å². The first-order valence-corrected chi connectivity index (χ1v) is 9.40. The maximum absolute atomic E-state index is 12.9. The molecule has 1 atom stereocenters. The Kier molecular flexibility index (Phi) is 7.67. The normalized spacial score (nSPS) is 11.7. The molecule has 2 aromatic carbocycles. The molecule has 2 aromatic rings. The lowest BCUT2D eigenvalue weighted by Gasteiger charge is -2.21. The molecule has 0 fully saturated rings. The number of carboxylic acids is 1. The molecule has 0 spiro atoms. The van der Waals surface area contributed by atoms with E-state index >= 15 is 0 Å². The fourth-order valence-electron chi connectivity index (χ4n) is 2.39. The van der Waals surface area contributed by atoms with Crippen LogP contribution < -0.4 is 4.74 Å². The van der Waals surface area contributed by atoms with Crippen molar-refractivity contribution < 1.29 is 23.8 Å². The van der Waals surface area contributed by atoms with Crippen LogP contribution in [0.15, 0.2) is 53.4 Å². The largest absolute Gasteiger partial charge is 0.482 e. The second-order valence-corrected chi connectivity index (χ2v) is 7.28. The summed E-state index contributed by atoms with van der Waals surface area (Å²) in [5, 5.41) is 8.60. The number of nitrogens with zero attached hydrogens (tertiary/aromatic N) is 1. The van der Waals surface area contributed by atoms with Crippen LogP contribution in [0.2, 0.25) is 0 Å². The number of carboxylic acid groups (broad SMARTS) is 1. The Hall–Kier alpha value is -2.54. The number of hydrogen-bond acceptors (Lipinski definition) is 4. The minimum Gasteiger partial charge on any atom is -0.482 e. The molecule has 0 aliphatic carbocycles. The van der Waals surface area contributed by atoms with Gasteiger partial charge in [0.15, 0.2) is 6.61 Å². The summed E-state index contributed by atoms with van der Waals surface area (Å²) >= 11 is 1.52. The zero-order chi connectivity index (χ0) is 19.8. The highest BCUT2D eigenvalue weighted by molar-refractivity contribution is 7.99. The predicted molar refractivity (Wildman–Crippen MR) is 102 cm³/mol. The number of carbonyl (C=O) groups is 2. The highest BCUT2D eigenvalue weighted by atomic mass is 32.2. The van der Waals surface area contributed by atoms with Gasteiger partial charge in [0.05, 0.1) is 0 Å². The minimum absolute atomic E-state index is 0.0239. The number of thioether (sulfide) groups is 1. The molecule has 27 heavy (non-hydrogen) atoms. The summed E-state index contributed by atoms with van der Waals surface area (Å²) in [5.41, 5.74) is 0.923. The molecule has 0 bridgehead atoms. The molecule has 1 amide bonds. The number of halogens is 1. The van der Waals surface area contributed by atoms with Gasteiger partial charge in [-0.15, -0.1) is 11.8 Å². The third-order valence-electron chi connectivity index (χ3n) is 3.82. The summed E-state index contributed by atoms with van der Waals surface area (Å²) in [7, 11) is 1.75. The van der Waals surface area contributed by atoms with Crippen LogP contribution in [0, 0.1) is 11.7 Å². The minimum atomic E-state index is -1.03. The molecule has 0 saturated carbocycles. The Balaban J connectivity index is 1.83. The molecule has 0 aliphatic rings. The van der Waals surface area contributed by atoms with Crippen LogP contribution in [0.1, 0.15) is 12.5 Å². The predicted octanol–water partition coefficient (Wildman–Crippen LogP) is 3.68. The summed E-state index contributed by atoms with van der Waals surface area (Å²) < 4.78 is 18.0. The average molecular weight is 391 g/mol. The second-order valence-electron chi connectivity index (χ2n) is 6.19. The van der Waals surface area contributed by atoms with E-state index in [1.807, 2.05) is 6.92 Å². The van der Waals surface area contributed by atoms with E-state index in [4.69, 9.17) is 9.84 Å². The fraction of sp³-hybridized carbons (Fsp3) is 0.300. The van der Waals surface area contributed by atoms with Crippen LogP contribution >= 0.6 is 11.8 Å². The standard InChI is InChI=1S/C20H22FNO4S/c1-14(13-27-18-9-5-16(21)6-10-18)20(25)22(2)11-15-3-7-17(8-4-15)26-12-19(23)24/h3-10,14H,11-13H2,1-2H3,(H,23,24). The SMILES string of the molecule is CC(CSc1ccc(F)cc1)C(=O)N(C)Cc1ccc(OCC(=O)O)cc1. The number of hydrogen-bond donors (Lipinski definition) is 1.